The minimum absolute atomic E-state index is 0.00636. The predicted octanol–water partition coefficient (Wildman–Crippen LogP) is 4.85. The Morgan fingerprint density at radius 3 is 2.61 bits per heavy atom. The third-order valence-electron chi connectivity index (χ3n) is 2.21. The molecule has 0 saturated carbocycles. The van der Waals surface area contributed by atoms with E-state index in [-0.39, 0.29) is 5.02 Å². The molecule has 2 aromatic carbocycles. The first-order valence-corrected chi connectivity index (χ1v) is 6.15. The molecule has 2 nitrogen and oxygen atoms in total. The van der Waals surface area contributed by atoms with E-state index in [1.807, 2.05) is 0 Å². The lowest BCUT2D eigenvalue weighted by Crippen LogP contribution is -1.88. The van der Waals surface area contributed by atoms with Gasteiger partial charge in [0.15, 0.2) is 0 Å². The second-order valence-corrected chi connectivity index (χ2v) is 4.75. The highest BCUT2D eigenvalue weighted by molar-refractivity contribution is 9.10. The van der Waals surface area contributed by atoms with E-state index >= 15 is 0 Å². The smallest absolute Gasteiger partial charge is 0.150 e. The van der Waals surface area contributed by atoms with Crippen LogP contribution >= 0.6 is 27.5 Å². The molecular weight excluding hydrogens is 322 g/mol. The lowest BCUT2D eigenvalue weighted by Gasteiger charge is -2.08. The summed E-state index contributed by atoms with van der Waals surface area (Å²) in [4.78, 5) is 10.6. The zero-order valence-corrected chi connectivity index (χ0v) is 11.3. The van der Waals surface area contributed by atoms with Crippen LogP contribution in [0.1, 0.15) is 10.4 Å². The van der Waals surface area contributed by atoms with Gasteiger partial charge in [-0.3, -0.25) is 4.79 Å². The third-order valence-corrected chi connectivity index (χ3v) is 3.12. The van der Waals surface area contributed by atoms with Crippen LogP contribution in [-0.2, 0) is 0 Å². The maximum Gasteiger partial charge on any atom is 0.150 e. The van der Waals surface area contributed by atoms with Gasteiger partial charge >= 0.3 is 0 Å². The molecule has 0 atom stereocenters. The van der Waals surface area contributed by atoms with Crippen molar-refractivity contribution in [3.8, 4) is 11.5 Å². The maximum atomic E-state index is 13.0. The largest absolute Gasteiger partial charge is 0.456 e. The highest BCUT2D eigenvalue weighted by atomic mass is 79.9. The van der Waals surface area contributed by atoms with E-state index < -0.39 is 5.82 Å². The number of rotatable bonds is 3. The monoisotopic (exact) mass is 328 g/mol. The molecule has 0 fully saturated rings. The van der Waals surface area contributed by atoms with Gasteiger partial charge in [-0.05, 0) is 46.3 Å². The first kappa shape index (κ1) is 13.1. The molecule has 0 radical (unpaired) electrons. The fourth-order valence-corrected chi connectivity index (χ4v) is 1.99. The molecule has 0 aliphatic rings. The van der Waals surface area contributed by atoms with Crippen molar-refractivity contribution in [2.75, 3.05) is 0 Å². The summed E-state index contributed by atoms with van der Waals surface area (Å²) in [5.41, 5.74) is 0.534. The molecule has 0 bridgehead atoms. The highest BCUT2D eigenvalue weighted by Crippen LogP contribution is 2.31. The standard InChI is InChI=1S/C13H7BrClFO2/c14-10-5-8(7-17)1-4-13(10)18-9-2-3-12(16)11(15)6-9/h1-7H. The summed E-state index contributed by atoms with van der Waals surface area (Å²) < 4.78 is 19.1. The summed E-state index contributed by atoms with van der Waals surface area (Å²) in [5.74, 6) is 0.434. The predicted molar refractivity (Wildman–Crippen MR) is 71.0 cm³/mol. The first-order chi connectivity index (χ1) is 8.60. The van der Waals surface area contributed by atoms with E-state index in [0.717, 1.165) is 6.29 Å². The van der Waals surface area contributed by atoms with Crippen molar-refractivity contribution >= 4 is 33.8 Å². The third kappa shape index (κ3) is 2.89. The summed E-state index contributed by atoms with van der Waals surface area (Å²) in [6.07, 6.45) is 0.739. The summed E-state index contributed by atoms with van der Waals surface area (Å²) in [6.45, 7) is 0. The first-order valence-electron chi connectivity index (χ1n) is 4.98. The van der Waals surface area contributed by atoms with Gasteiger partial charge in [-0.15, -0.1) is 0 Å². The van der Waals surface area contributed by atoms with Gasteiger partial charge in [0.25, 0.3) is 0 Å². The van der Waals surface area contributed by atoms with Crippen molar-refractivity contribution in [2.24, 2.45) is 0 Å². The van der Waals surface area contributed by atoms with E-state index in [1.54, 1.807) is 18.2 Å². The molecule has 0 saturated heterocycles. The zero-order chi connectivity index (χ0) is 13.1. The molecular formula is C13H7BrClFO2. The van der Waals surface area contributed by atoms with Gasteiger partial charge < -0.3 is 4.74 Å². The van der Waals surface area contributed by atoms with Gasteiger partial charge in [-0.1, -0.05) is 11.6 Å². The Hall–Kier alpha value is -1.39. The summed E-state index contributed by atoms with van der Waals surface area (Å²) >= 11 is 8.94. The van der Waals surface area contributed by atoms with E-state index in [2.05, 4.69) is 15.9 Å². The molecule has 0 heterocycles. The number of halogens is 3. The molecule has 2 aromatic rings. The number of hydrogen-bond acceptors (Lipinski definition) is 2. The maximum absolute atomic E-state index is 13.0. The minimum atomic E-state index is -0.501. The number of benzene rings is 2. The Morgan fingerprint density at radius 2 is 2.00 bits per heavy atom. The Labute approximate surface area is 116 Å². The Morgan fingerprint density at radius 1 is 1.22 bits per heavy atom. The van der Waals surface area contributed by atoms with Crippen LogP contribution in [-0.4, -0.2) is 6.29 Å². The quantitative estimate of drug-likeness (QED) is 0.753. The van der Waals surface area contributed by atoms with Crippen LogP contribution in [0, 0.1) is 5.82 Å². The topological polar surface area (TPSA) is 26.3 Å². The molecule has 0 unspecified atom stereocenters. The Balaban J connectivity index is 2.28. The molecule has 0 aromatic heterocycles. The van der Waals surface area contributed by atoms with Crippen molar-refractivity contribution in [3.63, 3.8) is 0 Å². The molecule has 0 spiro atoms. The van der Waals surface area contributed by atoms with Crippen LogP contribution in [0.5, 0.6) is 11.5 Å². The van der Waals surface area contributed by atoms with Gasteiger partial charge in [0.05, 0.1) is 9.50 Å². The van der Waals surface area contributed by atoms with Crippen LogP contribution < -0.4 is 4.74 Å². The zero-order valence-electron chi connectivity index (χ0n) is 8.99. The van der Waals surface area contributed by atoms with Gasteiger partial charge in [0.2, 0.25) is 0 Å². The minimum Gasteiger partial charge on any atom is -0.456 e. The molecule has 92 valence electrons. The van der Waals surface area contributed by atoms with Crippen LogP contribution in [0.3, 0.4) is 0 Å². The molecule has 18 heavy (non-hydrogen) atoms. The average Bonchev–Trinajstić information content (AvgIpc) is 2.36. The van der Waals surface area contributed by atoms with Crippen molar-refractivity contribution < 1.29 is 13.9 Å². The van der Waals surface area contributed by atoms with E-state index in [1.165, 1.54) is 18.2 Å². The van der Waals surface area contributed by atoms with Crippen molar-refractivity contribution in [3.05, 3.63) is 57.3 Å². The molecule has 0 N–H and O–H groups in total. The number of carbonyl (C=O) groups is 1. The van der Waals surface area contributed by atoms with Crippen molar-refractivity contribution in [1.29, 1.82) is 0 Å². The lowest BCUT2D eigenvalue weighted by atomic mass is 10.2. The van der Waals surface area contributed by atoms with E-state index in [0.29, 0.717) is 21.5 Å². The molecule has 2 rings (SSSR count). The number of hydrogen-bond donors (Lipinski definition) is 0. The van der Waals surface area contributed by atoms with Gasteiger partial charge in [0.1, 0.15) is 23.6 Å². The number of aldehydes is 1. The highest BCUT2D eigenvalue weighted by Gasteiger charge is 2.06. The van der Waals surface area contributed by atoms with Crippen LogP contribution in [0.25, 0.3) is 0 Å². The van der Waals surface area contributed by atoms with E-state index in [4.69, 9.17) is 16.3 Å². The molecule has 0 amide bonds. The SMILES string of the molecule is O=Cc1ccc(Oc2ccc(F)c(Cl)c2)c(Br)c1. The second-order valence-electron chi connectivity index (χ2n) is 3.49. The van der Waals surface area contributed by atoms with Crippen LogP contribution in [0.15, 0.2) is 40.9 Å². The van der Waals surface area contributed by atoms with Gasteiger partial charge in [-0.2, -0.15) is 0 Å². The molecule has 0 aliphatic carbocycles. The molecule has 5 heteroatoms. The molecule has 0 aliphatic heterocycles. The number of carbonyl (C=O) groups excluding carboxylic acids is 1. The normalized spacial score (nSPS) is 10.2. The van der Waals surface area contributed by atoms with Crippen molar-refractivity contribution in [2.45, 2.75) is 0 Å². The summed E-state index contributed by atoms with van der Waals surface area (Å²) in [6, 6.07) is 8.99. The Bertz CT molecular complexity index is 602. The fraction of sp³-hybridized carbons (Fsp3) is 0. The number of ether oxygens (including phenoxy) is 1. The van der Waals surface area contributed by atoms with Gasteiger partial charge in [-0.25, -0.2) is 4.39 Å². The average molecular weight is 330 g/mol. The van der Waals surface area contributed by atoms with E-state index in [9.17, 15) is 9.18 Å². The Kier molecular flexibility index (Phi) is 3.99. The van der Waals surface area contributed by atoms with Crippen LogP contribution in [0.2, 0.25) is 5.02 Å². The lowest BCUT2D eigenvalue weighted by molar-refractivity contribution is 0.112. The van der Waals surface area contributed by atoms with Crippen molar-refractivity contribution in [1.82, 2.24) is 0 Å². The second kappa shape index (κ2) is 5.50. The summed E-state index contributed by atoms with van der Waals surface area (Å²) in [7, 11) is 0. The summed E-state index contributed by atoms with van der Waals surface area (Å²) in [5, 5.41) is -0.00636. The van der Waals surface area contributed by atoms with Gasteiger partial charge in [0, 0.05) is 11.6 Å². The van der Waals surface area contributed by atoms with Crippen LogP contribution in [0.4, 0.5) is 4.39 Å². The fourth-order valence-electron chi connectivity index (χ4n) is 1.34.